The molecule has 3 saturated heterocycles. The van der Waals surface area contributed by atoms with Crippen LogP contribution in [0.5, 0.6) is 0 Å². The van der Waals surface area contributed by atoms with Crippen molar-refractivity contribution in [2.45, 2.75) is 50.6 Å². The van der Waals surface area contributed by atoms with Gasteiger partial charge in [-0.25, -0.2) is 0 Å². The van der Waals surface area contributed by atoms with Crippen molar-refractivity contribution in [1.29, 1.82) is 0 Å². The lowest BCUT2D eigenvalue weighted by Crippen LogP contribution is -2.61. The molecule has 3 rings (SSSR count). The van der Waals surface area contributed by atoms with Gasteiger partial charge in [0.05, 0.1) is 0 Å². The first-order chi connectivity index (χ1) is 8.74. The topological polar surface area (TPSA) is 52.6 Å². The molecule has 0 unspecified atom stereocenters. The van der Waals surface area contributed by atoms with Gasteiger partial charge in [-0.15, -0.1) is 0 Å². The molecule has 3 aliphatic rings. The summed E-state index contributed by atoms with van der Waals surface area (Å²) in [6.07, 6.45) is 6.54. The molecule has 3 fully saturated rings. The van der Waals surface area contributed by atoms with Crippen LogP contribution < -0.4 is 5.32 Å². The van der Waals surface area contributed by atoms with Crippen molar-refractivity contribution in [2.24, 2.45) is 11.8 Å². The highest BCUT2D eigenvalue weighted by Crippen LogP contribution is 2.37. The molecule has 3 aliphatic heterocycles. The monoisotopic (exact) mass is 252 g/mol. The first kappa shape index (κ1) is 12.4. The van der Waals surface area contributed by atoms with Gasteiger partial charge in [0.25, 0.3) is 0 Å². The second-order valence-corrected chi connectivity index (χ2v) is 6.26. The lowest BCUT2D eigenvalue weighted by atomic mass is 9.73. The largest absolute Gasteiger partial charge is 0.481 e. The van der Waals surface area contributed by atoms with Gasteiger partial charge >= 0.3 is 5.97 Å². The standard InChI is InChI=1S/C14H24N2O2/c17-14(18)5-4-12-11-7-10(8-15-12)13-3-1-2-6-16(13)9-11/h10-13,15H,1-9H2,(H,17,18)/t10-,11-,12-,13+/m1/s1. The van der Waals surface area contributed by atoms with Crippen molar-refractivity contribution in [3.05, 3.63) is 0 Å². The molecule has 0 spiro atoms. The zero-order valence-electron chi connectivity index (χ0n) is 11.0. The highest BCUT2D eigenvalue weighted by atomic mass is 16.4. The number of fused-ring (bicyclic) bond motifs is 4. The molecule has 2 N–H and O–H groups in total. The number of hydrogen-bond donors (Lipinski definition) is 2. The van der Waals surface area contributed by atoms with Crippen molar-refractivity contribution < 1.29 is 9.90 Å². The fourth-order valence-corrected chi connectivity index (χ4v) is 4.30. The molecule has 0 aromatic heterocycles. The molecule has 3 heterocycles. The van der Waals surface area contributed by atoms with E-state index in [2.05, 4.69) is 10.2 Å². The summed E-state index contributed by atoms with van der Waals surface area (Å²) < 4.78 is 0. The second-order valence-electron chi connectivity index (χ2n) is 6.26. The summed E-state index contributed by atoms with van der Waals surface area (Å²) in [5.41, 5.74) is 0. The molecule has 0 saturated carbocycles. The molecule has 4 atom stereocenters. The highest BCUT2D eigenvalue weighted by molar-refractivity contribution is 5.66. The van der Waals surface area contributed by atoms with E-state index in [0.717, 1.165) is 24.9 Å². The first-order valence-corrected chi connectivity index (χ1v) is 7.43. The Morgan fingerprint density at radius 2 is 2.22 bits per heavy atom. The van der Waals surface area contributed by atoms with Crippen molar-refractivity contribution in [3.63, 3.8) is 0 Å². The number of aliphatic carboxylic acids is 1. The molecular weight excluding hydrogens is 228 g/mol. The average Bonchev–Trinajstić information content (AvgIpc) is 2.38. The molecule has 102 valence electrons. The molecule has 0 amide bonds. The molecule has 0 radical (unpaired) electrons. The van der Waals surface area contributed by atoms with Gasteiger partial charge in [0, 0.05) is 25.0 Å². The lowest BCUT2D eigenvalue weighted by molar-refractivity contribution is -0.137. The Bertz CT molecular complexity index is 319. The van der Waals surface area contributed by atoms with E-state index in [0.29, 0.717) is 18.4 Å². The van der Waals surface area contributed by atoms with Crippen LogP contribution in [0.3, 0.4) is 0 Å². The van der Waals surface area contributed by atoms with Gasteiger partial charge in [-0.2, -0.15) is 0 Å². The molecule has 0 aromatic carbocycles. The van der Waals surface area contributed by atoms with Crippen LogP contribution >= 0.6 is 0 Å². The van der Waals surface area contributed by atoms with Gasteiger partial charge in [0.2, 0.25) is 0 Å². The Morgan fingerprint density at radius 1 is 1.33 bits per heavy atom. The maximum Gasteiger partial charge on any atom is 0.303 e. The van der Waals surface area contributed by atoms with Crippen LogP contribution in [0.4, 0.5) is 0 Å². The minimum atomic E-state index is -0.661. The number of nitrogens with zero attached hydrogens (tertiary/aromatic N) is 1. The van der Waals surface area contributed by atoms with Crippen LogP contribution in [0.25, 0.3) is 0 Å². The third-order valence-corrected chi connectivity index (χ3v) is 5.16. The van der Waals surface area contributed by atoms with Crippen LogP contribution in [0.1, 0.15) is 38.5 Å². The SMILES string of the molecule is O=C(O)CC[C@H]1NC[C@H]2C[C@@H]1CN1CCCC[C@@H]21. The molecule has 4 nitrogen and oxygen atoms in total. The smallest absolute Gasteiger partial charge is 0.303 e. The van der Waals surface area contributed by atoms with Gasteiger partial charge in [-0.3, -0.25) is 9.69 Å². The minimum absolute atomic E-state index is 0.308. The van der Waals surface area contributed by atoms with Crippen molar-refractivity contribution in [1.82, 2.24) is 10.2 Å². The number of piperidine rings is 3. The molecule has 18 heavy (non-hydrogen) atoms. The maximum absolute atomic E-state index is 10.7. The van der Waals surface area contributed by atoms with Crippen LogP contribution in [0.15, 0.2) is 0 Å². The quantitative estimate of drug-likeness (QED) is 0.795. The molecule has 0 aromatic rings. The van der Waals surface area contributed by atoms with Gasteiger partial charge in [0.15, 0.2) is 0 Å². The number of rotatable bonds is 3. The van der Waals surface area contributed by atoms with Gasteiger partial charge in [-0.1, -0.05) is 6.42 Å². The summed E-state index contributed by atoms with van der Waals surface area (Å²) >= 11 is 0. The molecule has 0 aliphatic carbocycles. The van der Waals surface area contributed by atoms with E-state index in [1.54, 1.807) is 0 Å². The van der Waals surface area contributed by atoms with Crippen LogP contribution in [-0.2, 0) is 4.79 Å². The lowest BCUT2D eigenvalue weighted by Gasteiger charge is -2.52. The number of carbonyl (C=O) groups is 1. The summed E-state index contributed by atoms with van der Waals surface area (Å²) in [6.45, 7) is 3.56. The molecular formula is C14H24N2O2. The van der Waals surface area contributed by atoms with Gasteiger partial charge in [-0.05, 0) is 50.6 Å². The van der Waals surface area contributed by atoms with E-state index >= 15 is 0 Å². The summed E-state index contributed by atoms with van der Waals surface area (Å²) in [5, 5.41) is 12.4. The van der Waals surface area contributed by atoms with Crippen LogP contribution in [-0.4, -0.2) is 47.7 Å². The summed E-state index contributed by atoms with van der Waals surface area (Å²) in [5.74, 6) is 0.827. The van der Waals surface area contributed by atoms with Crippen LogP contribution in [0.2, 0.25) is 0 Å². The average molecular weight is 252 g/mol. The van der Waals surface area contributed by atoms with Gasteiger partial charge < -0.3 is 10.4 Å². The minimum Gasteiger partial charge on any atom is -0.481 e. The predicted octanol–water partition coefficient (Wildman–Crippen LogP) is 1.31. The number of carboxylic acids is 1. The zero-order valence-corrected chi connectivity index (χ0v) is 11.0. The third-order valence-electron chi connectivity index (χ3n) is 5.16. The number of hydrogen-bond acceptors (Lipinski definition) is 3. The van der Waals surface area contributed by atoms with E-state index in [9.17, 15) is 4.79 Å². The summed E-state index contributed by atoms with van der Waals surface area (Å²) in [6, 6.07) is 1.24. The first-order valence-electron chi connectivity index (χ1n) is 7.43. The Morgan fingerprint density at radius 3 is 3.06 bits per heavy atom. The molecule has 4 heteroatoms. The molecule has 2 bridgehead atoms. The van der Waals surface area contributed by atoms with Crippen molar-refractivity contribution in [2.75, 3.05) is 19.6 Å². The third kappa shape index (κ3) is 2.41. The number of carboxylic acid groups (broad SMARTS) is 1. The van der Waals surface area contributed by atoms with Gasteiger partial charge in [0.1, 0.15) is 0 Å². The Hall–Kier alpha value is -0.610. The summed E-state index contributed by atoms with van der Waals surface area (Å²) in [4.78, 5) is 13.4. The normalized spacial score (nSPS) is 40.2. The van der Waals surface area contributed by atoms with E-state index in [-0.39, 0.29) is 0 Å². The number of nitrogens with one attached hydrogen (secondary N) is 1. The Balaban J connectivity index is 1.62. The fraction of sp³-hybridized carbons (Fsp3) is 0.929. The van der Waals surface area contributed by atoms with E-state index < -0.39 is 5.97 Å². The maximum atomic E-state index is 10.7. The Labute approximate surface area is 109 Å². The van der Waals surface area contributed by atoms with E-state index in [4.69, 9.17) is 5.11 Å². The highest BCUT2D eigenvalue weighted by Gasteiger charge is 2.42. The summed E-state index contributed by atoms with van der Waals surface area (Å²) in [7, 11) is 0. The van der Waals surface area contributed by atoms with E-state index in [1.165, 1.54) is 38.8 Å². The van der Waals surface area contributed by atoms with Crippen LogP contribution in [0, 0.1) is 11.8 Å². The van der Waals surface area contributed by atoms with E-state index in [1.807, 2.05) is 0 Å². The fourth-order valence-electron chi connectivity index (χ4n) is 4.30. The Kier molecular flexibility index (Phi) is 3.57. The second kappa shape index (κ2) is 5.17. The van der Waals surface area contributed by atoms with Crippen molar-refractivity contribution in [3.8, 4) is 0 Å². The van der Waals surface area contributed by atoms with Crippen molar-refractivity contribution >= 4 is 5.97 Å². The zero-order chi connectivity index (χ0) is 12.5. The predicted molar refractivity (Wildman–Crippen MR) is 69.5 cm³/mol.